The van der Waals surface area contributed by atoms with Crippen LogP contribution in [0.3, 0.4) is 0 Å². The molecule has 1 amide bonds. The third-order valence-corrected chi connectivity index (χ3v) is 4.17. The quantitative estimate of drug-likeness (QED) is 0.549. The van der Waals surface area contributed by atoms with Gasteiger partial charge in [-0.25, -0.2) is 18.4 Å². The summed E-state index contributed by atoms with van der Waals surface area (Å²) in [6, 6.07) is 6.91. The van der Waals surface area contributed by atoms with Crippen LogP contribution >= 0.6 is 0 Å². The fourth-order valence-corrected chi connectivity index (χ4v) is 2.74. The van der Waals surface area contributed by atoms with E-state index in [1.54, 1.807) is 39.0 Å². The first-order valence-electron chi connectivity index (χ1n) is 8.41. The second-order valence-electron chi connectivity index (χ2n) is 6.44. The Morgan fingerprint density at radius 2 is 1.79 bits per heavy atom. The van der Waals surface area contributed by atoms with Gasteiger partial charge < -0.3 is 5.73 Å². The van der Waals surface area contributed by atoms with E-state index in [-0.39, 0.29) is 6.04 Å². The van der Waals surface area contributed by atoms with Gasteiger partial charge in [-0.1, -0.05) is 6.07 Å². The zero-order valence-electron chi connectivity index (χ0n) is 15.4. The summed E-state index contributed by atoms with van der Waals surface area (Å²) in [4.78, 5) is 26.9. The van der Waals surface area contributed by atoms with Crippen LogP contribution in [-0.2, 0) is 0 Å². The van der Waals surface area contributed by atoms with Crippen LogP contribution in [0.2, 0.25) is 0 Å². The van der Waals surface area contributed by atoms with Crippen molar-refractivity contribution in [3.8, 4) is 5.69 Å². The van der Waals surface area contributed by atoms with Crippen molar-refractivity contribution in [1.29, 1.82) is 0 Å². The van der Waals surface area contributed by atoms with Gasteiger partial charge in [-0.3, -0.25) is 4.90 Å². The van der Waals surface area contributed by atoms with E-state index in [1.807, 2.05) is 0 Å². The molecule has 0 aliphatic heterocycles. The molecule has 10 heteroatoms. The van der Waals surface area contributed by atoms with E-state index >= 15 is 0 Å². The summed E-state index contributed by atoms with van der Waals surface area (Å²) in [5, 5.41) is 6.98. The van der Waals surface area contributed by atoms with Crippen LogP contribution in [0.15, 0.2) is 41.2 Å². The zero-order chi connectivity index (χ0) is 20.6. The minimum absolute atomic E-state index is 0.349. The molecule has 0 aliphatic carbocycles. The van der Waals surface area contributed by atoms with Crippen molar-refractivity contribution in [2.45, 2.75) is 26.8 Å². The monoisotopic (exact) mass is 388 g/mol. The van der Waals surface area contributed by atoms with Gasteiger partial charge in [0.25, 0.3) is 0 Å². The van der Waals surface area contributed by atoms with E-state index in [2.05, 4.69) is 10.4 Å². The molecule has 0 saturated heterocycles. The molecular weight excluding hydrogens is 370 g/mol. The topological polar surface area (TPSA) is 99.0 Å². The highest BCUT2D eigenvalue weighted by molar-refractivity contribution is 5.93. The summed E-state index contributed by atoms with van der Waals surface area (Å²) in [5.74, 6) is -2.01. The Balaban J connectivity index is 2.08. The van der Waals surface area contributed by atoms with Crippen molar-refractivity contribution in [3.05, 3.63) is 64.1 Å². The Morgan fingerprint density at radius 1 is 1.14 bits per heavy atom. The number of amides is 1. The molecule has 3 aromatic rings. The lowest BCUT2D eigenvalue weighted by Crippen LogP contribution is -2.44. The molecule has 0 atom stereocenters. The molecule has 0 spiro atoms. The standard InChI is InChI=1S/C18H18F2N6O2/c1-10(2)24(12-7-8-15(21)11(3)9-12)17(27)26-18(28)25(22-23-26)16-13(19)5-4-6-14(16)20/h4-10H,21H2,1-3H3. The largest absolute Gasteiger partial charge is 0.399 e. The summed E-state index contributed by atoms with van der Waals surface area (Å²) in [6.45, 7) is 5.27. The van der Waals surface area contributed by atoms with Crippen molar-refractivity contribution in [1.82, 2.24) is 19.8 Å². The summed E-state index contributed by atoms with van der Waals surface area (Å²) in [6.07, 6.45) is 0. The second kappa shape index (κ2) is 7.22. The fourth-order valence-electron chi connectivity index (χ4n) is 2.74. The van der Waals surface area contributed by atoms with Crippen molar-refractivity contribution < 1.29 is 13.6 Å². The van der Waals surface area contributed by atoms with Crippen molar-refractivity contribution in [2.24, 2.45) is 0 Å². The van der Waals surface area contributed by atoms with Crippen LogP contribution in [0.5, 0.6) is 0 Å². The van der Waals surface area contributed by atoms with Crippen molar-refractivity contribution in [3.63, 3.8) is 0 Å². The van der Waals surface area contributed by atoms with Gasteiger partial charge in [0.15, 0.2) is 11.6 Å². The van der Waals surface area contributed by atoms with Crippen molar-refractivity contribution in [2.75, 3.05) is 10.6 Å². The maximum atomic E-state index is 14.0. The lowest BCUT2D eigenvalue weighted by molar-refractivity contribution is 0.242. The van der Waals surface area contributed by atoms with Gasteiger partial charge in [0.1, 0.15) is 5.69 Å². The first-order valence-corrected chi connectivity index (χ1v) is 8.41. The number of carbonyl (C=O) groups is 1. The minimum atomic E-state index is -1.09. The molecule has 1 heterocycles. The number of nitrogen functional groups attached to an aromatic ring is 1. The SMILES string of the molecule is Cc1cc(N(C(=O)n2nnn(-c3c(F)cccc3F)c2=O)C(C)C)ccc1N. The fraction of sp³-hybridized carbons (Fsp3) is 0.222. The van der Waals surface area contributed by atoms with Crippen LogP contribution in [0.1, 0.15) is 19.4 Å². The van der Waals surface area contributed by atoms with E-state index in [9.17, 15) is 18.4 Å². The van der Waals surface area contributed by atoms with Crippen LogP contribution < -0.4 is 16.3 Å². The predicted molar refractivity (Wildman–Crippen MR) is 99.5 cm³/mol. The third kappa shape index (κ3) is 3.24. The van der Waals surface area contributed by atoms with Crippen LogP contribution in [-0.4, -0.2) is 31.9 Å². The number of nitrogens with zero attached hydrogens (tertiary/aromatic N) is 5. The number of rotatable bonds is 3. The van der Waals surface area contributed by atoms with Gasteiger partial charge in [0.05, 0.1) is 0 Å². The number of benzene rings is 2. The normalized spacial score (nSPS) is 11.1. The van der Waals surface area contributed by atoms with E-state index in [0.29, 0.717) is 20.7 Å². The number of halogens is 2. The lowest BCUT2D eigenvalue weighted by atomic mass is 10.1. The molecule has 3 rings (SSSR count). The molecule has 1 aromatic heterocycles. The zero-order valence-corrected chi connectivity index (χ0v) is 15.4. The Kier molecular flexibility index (Phi) is 4.95. The smallest absolute Gasteiger partial charge is 0.377 e. The molecule has 0 saturated carbocycles. The van der Waals surface area contributed by atoms with E-state index in [1.165, 1.54) is 4.90 Å². The summed E-state index contributed by atoms with van der Waals surface area (Å²) >= 11 is 0. The average molecular weight is 388 g/mol. The highest BCUT2D eigenvalue weighted by Gasteiger charge is 2.27. The molecule has 8 nitrogen and oxygen atoms in total. The number of aryl methyl sites for hydroxylation is 1. The first kappa shape index (κ1) is 19.2. The average Bonchev–Trinajstić information content (AvgIpc) is 2.99. The predicted octanol–water partition coefficient (Wildman–Crippen LogP) is 2.48. The maximum Gasteiger partial charge on any atom is 0.377 e. The van der Waals surface area contributed by atoms with Gasteiger partial charge in [-0.15, -0.1) is 4.68 Å². The van der Waals surface area contributed by atoms with E-state index < -0.39 is 29.0 Å². The van der Waals surface area contributed by atoms with E-state index in [4.69, 9.17) is 5.73 Å². The molecule has 146 valence electrons. The van der Waals surface area contributed by atoms with Crippen LogP contribution in [0, 0.1) is 18.6 Å². The number of carbonyl (C=O) groups excluding carboxylic acids is 1. The second-order valence-corrected chi connectivity index (χ2v) is 6.44. The maximum absolute atomic E-state index is 14.0. The minimum Gasteiger partial charge on any atom is -0.399 e. The van der Waals surface area contributed by atoms with Gasteiger partial charge in [0, 0.05) is 17.4 Å². The number of para-hydroxylation sites is 1. The molecule has 0 fully saturated rings. The Bertz CT molecular complexity index is 1090. The van der Waals surface area contributed by atoms with Crippen LogP contribution in [0.25, 0.3) is 5.69 Å². The number of hydrogen-bond acceptors (Lipinski definition) is 5. The van der Waals surface area contributed by atoms with Gasteiger partial charge >= 0.3 is 11.7 Å². The Hall–Kier alpha value is -3.56. The highest BCUT2D eigenvalue weighted by Crippen LogP contribution is 2.23. The molecule has 0 radical (unpaired) electrons. The molecule has 0 unspecified atom stereocenters. The summed E-state index contributed by atoms with van der Waals surface area (Å²) in [5.41, 5.74) is 5.82. The molecule has 2 N–H and O–H groups in total. The number of nitrogens with two attached hydrogens (primary N) is 1. The first-order chi connectivity index (χ1) is 13.2. The molecular formula is C18H18F2N6O2. The van der Waals surface area contributed by atoms with Gasteiger partial charge in [-0.05, 0) is 67.1 Å². The summed E-state index contributed by atoms with van der Waals surface area (Å²) < 4.78 is 28.8. The van der Waals surface area contributed by atoms with Crippen LogP contribution in [0.4, 0.5) is 25.0 Å². The molecule has 0 aliphatic rings. The Morgan fingerprint density at radius 3 is 2.36 bits per heavy atom. The van der Waals surface area contributed by atoms with E-state index in [0.717, 1.165) is 23.8 Å². The molecule has 0 bridgehead atoms. The van der Waals surface area contributed by atoms with Crippen molar-refractivity contribution >= 4 is 17.4 Å². The number of tetrazole rings is 1. The number of aromatic nitrogens is 4. The number of hydrogen-bond donors (Lipinski definition) is 1. The Labute approximate surface area is 158 Å². The van der Waals surface area contributed by atoms with Gasteiger partial charge in [-0.2, -0.15) is 4.68 Å². The summed E-state index contributed by atoms with van der Waals surface area (Å²) in [7, 11) is 0. The highest BCUT2D eigenvalue weighted by atomic mass is 19.1. The molecule has 2 aromatic carbocycles. The van der Waals surface area contributed by atoms with Gasteiger partial charge in [0.2, 0.25) is 0 Å². The lowest BCUT2D eigenvalue weighted by Gasteiger charge is -2.26. The third-order valence-electron chi connectivity index (χ3n) is 4.17. The molecule has 28 heavy (non-hydrogen) atoms. The number of anilines is 2.